The molecule has 0 atom stereocenters. The highest BCUT2D eigenvalue weighted by Crippen LogP contribution is 2.34. The minimum Gasteiger partial charge on any atom is -0.432 e. The summed E-state index contributed by atoms with van der Waals surface area (Å²) in [6.07, 6.45) is 0.976. The molecule has 9 heteroatoms. The van der Waals surface area contributed by atoms with Crippen LogP contribution in [0.2, 0.25) is 5.02 Å². The molecule has 1 aromatic carbocycles. The fourth-order valence-corrected chi connectivity index (χ4v) is 1.73. The summed E-state index contributed by atoms with van der Waals surface area (Å²) in [6.45, 7) is 0. The molecule has 0 aliphatic heterocycles. The van der Waals surface area contributed by atoms with Gasteiger partial charge in [-0.15, -0.1) is 0 Å². The maximum Gasteiger partial charge on any atom is 0.349 e. The monoisotopic (exact) mass is 344 g/mol. The summed E-state index contributed by atoms with van der Waals surface area (Å²) in [7, 11) is 0. The predicted octanol–water partition coefficient (Wildman–Crippen LogP) is 3.18. The molecule has 0 saturated carbocycles. The van der Waals surface area contributed by atoms with Crippen LogP contribution in [0.1, 0.15) is 0 Å². The Hall–Kier alpha value is -1.93. The van der Waals surface area contributed by atoms with Gasteiger partial charge in [0.2, 0.25) is 5.95 Å². The third-order valence-corrected chi connectivity index (χ3v) is 2.86. The lowest BCUT2D eigenvalue weighted by molar-refractivity contribution is -0.386. The van der Waals surface area contributed by atoms with Crippen molar-refractivity contribution in [2.75, 3.05) is 5.73 Å². The lowest BCUT2D eigenvalue weighted by Crippen LogP contribution is -2.01. The Balaban J connectivity index is 2.45. The van der Waals surface area contributed by atoms with Crippen LogP contribution in [-0.4, -0.2) is 14.9 Å². The second kappa shape index (κ2) is 5.37. The highest BCUT2D eigenvalue weighted by Gasteiger charge is 2.20. The van der Waals surface area contributed by atoms with Crippen molar-refractivity contribution in [1.29, 1.82) is 0 Å². The maximum atomic E-state index is 10.8. The number of benzene rings is 1. The first-order valence-electron chi connectivity index (χ1n) is 4.87. The first-order valence-corrected chi connectivity index (χ1v) is 6.04. The molecule has 7 nitrogen and oxygen atoms in total. The molecule has 0 spiro atoms. The lowest BCUT2D eigenvalue weighted by Gasteiger charge is -2.07. The smallest absolute Gasteiger partial charge is 0.349 e. The van der Waals surface area contributed by atoms with Crippen LogP contribution in [0.3, 0.4) is 0 Å². The molecule has 1 heterocycles. The predicted molar refractivity (Wildman–Crippen MR) is 72.3 cm³/mol. The molecule has 0 aliphatic carbocycles. The van der Waals surface area contributed by atoms with Gasteiger partial charge in [-0.05, 0) is 18.2 Å². The van der Waals surface area contributed by atoms with Gasteiger partial charge in [-0.3, -0.25) is 10.1 Å². The number of ether oxygens (including phenoxy) is 1. The molecule has 2 N–H and O–H groups in total. The molecule has 1 aromatic heterocycles. The summed E-state index contributed by atoms with van der Waals surface area (Å²) >= 11 is 9.17. The molecule has 19 heavy (non-hydrogen) atoms. The van der Waals surface area contributed by atoms with Gasteiger partial charge in [0, 0.05) is 4.47 Å². The van der Waals surface area contributed by atoms with E-state index in [-0.39, 0.29) is 22.6 Å². The largest absolute Gasteiger partial charge is 0.432 e. The topological polar surface area (TPSA) is 104 Å². The number of nitro groups is 1. The average molecular weight is 346 g/mol. The maximum absolute atomic E-state index is 10.8. The standard InChI is InChI=1S/C10H6BrClN4O3/c11-5-1-2-6(12)8(3-5)19-9-7(16(17)18)4-14-10(13)15-9/h1-4H,(H2,13,14,15). The van der Waals surface area contributed by atoms with Crippen molar-refractivity contribution in [3.63, 3.8) is 0 Å². The van der Waals surface area contributed by atoms with Crippen molar-refractivity contribution in [2.24, 2.45) is 0 Å². The third kappa shape index (κ3) is 3.09. The Labute approximate surface area is 120 Å². The van der Waals surface area contributed by atoms with E-state index in [1.165, 1.54) is 0 Å². The summed E-state index contributed by atoms with van der Waals surface area (Å²) in [5, 5.41) is 11.1. The van der Waals surface area contributed by atoms with Crippen LogP contribution in [0.25, 0.3) is 0 Å². The quantitative estimate of drug-likeness (QED) is 0.676. The van der Waals surface area contributed by atoms with E-state index in [1.807, 2.05) is 0 Å². The summed E-state index contributed by atoms with van der Waals surface area (Å²) in [5.41, 5.74) is 4.98. The van der Waals surface area contributed by atoms with E-state index in [1.54, 1.807) is 18.2 Å². The number of aromatic nitrogens is 2. The number of rotatable bonds is 3. The normalized spacial score (nSPS) is 10.2. The fourth-order valence-electron chi connectivity index (χ4n) is 1.23. The van der Waals surface area contributed by atoms with Crippen LogP contribution in [0.15, 0.2) is 28.9 Å². The summed E-state index contributed by atoms with van der Waals surface area (Å²) < 4.78 is 6.03. The van der Waals surface area contributed by atoms with Crippen molar-refractivity contribution >= 4 is 39.2 Å². The van der Waals surface area contributed by atoms with Gasteiger partial charge in [-0.2, -0.15) is 4.98 Å². The molecular weight excluding hydrogens is 339 g/mol. The van der Waals surface area contributed by atoms with E-state index in [0.29, 0.717) is 4.47 Å². The Morgan fingerprint density at radius 2 is 2.21 bits per heavy atom. The van der Waals surface area contributed by atoms with Crippen molar-refractivity contribution < 1.29 is 9.66 Å². The van der Waals surface area contributed by atoms with Crippen molar-refractivity contribution in [2.45, 2.75) is 0 Å². The average Bonchev–Trinajstić information content (AvgIpc) is 2.33. The number of nitrogens with two attached hydrogens (primary N) is 1. The van der Waals surface area contributed by atoms with Gasteiger partial charge in [-0.25, -0.2) is 4.98 Å². The number of nitrogens with zero attached hydrogens (tertiary/aromatic N) is 3. The molecule has 98 valence electrons. The zero-order valence-electron chi connectivity index (χ0n) is 9.21. The first kappa shape index (κ1) is 13.5. The summed E-state index contributed by atoms with van der Waals surface area (Å²) in [6, 6.07) is 4.85. The molecule has 2 rings (SSSR count). The number of anilines is 1. The van der Waals surface area contributed by atoms with Gasteiger partial charge < -0.3 is 10.5 Å². The van der Waals surface area contributed by atoms with Gasteiger partial charge in [-0.1, -0.05) is 27.5 Å². The third-order valence-electron chi connectivity index (χ3n) is 2.05. The lowest BCUT2D eigenvalue weighted by atomic mass is 10.3. The molecule has 0 radical (unpaired) electrons. The van der Waals surface area contributed by atoms with Gasteiger partial charge in [0.1, 0.15) is 11.9 Å². The molecule has 0 bridgehead atoms. The van der Waals surface area contributed by atoms with Crippen LogP contribution in [-0.2, 0) is 0 Å². The zero-order chi connectivity index (χ0) is 14.0. The molecule has 0 fully saturated rings. The van der Waals surface area contributed by atoms with E-state index in [2.05, 4.69) is 25.9 Å². The Morgan fingerprint density at radius 3 is 2.89 bits per heavy atom. The van der Waals surface area contributed by atoms with Crippen LogP contribution >= 0.6 is 27.5 Å². The van der Waals surface area contributed by atoms with Crippen molar-refractivity contribution in [3.8, 4) is 11.6 Å². The van der Waals surface area contributed by atoms with E-state index in [9.17, 15) is 10.1 Å². The second-order valence-electron chi connectivity index (χ2n) is 3.35. The number of hydrogen-bond acceptors (Lipinski definition) is 6. The highest BCUT2D eigenvalue weighted by atomic mass is 79.9. The summed E-state index contributed by atoms with van der Waals surface area (Å²) in [5.74, 6) is -0.179. The number of halogens is 2. The SMILES string of the molecule is Nc1ncc([N+](=O)[O-])c(Oc2cc(Br)ccc2Cl)n1. The Kier molecular flexibility index (Phi) is 3.82. The van der Waals surface area contributed by atoms with Gasteiger partial charge in [0.15, 0.2) is 0 Å². The van der Waals surface area contributed by atoms with Gasteiger partial charge >= 0.3 is 11.6 Å². The molecule has 0 saturated heterocycles. The Morgan fingerprint density at radius 1 is 1.47 bits per heavy atom. The number of hydrogen-bond donors (Lipinski definition) is 1. The minimum atomic E-state index is -0.666. The van der Waals surface area contributed by atoms with Crippen LogP contribution in [0, 0.1) is 10.1 Å². The van der Waals surface area contributed by atoms with Crippen molar-refractivity contribution in [1.82, 2.24) is 9.97 Å². The molecule has 0 unspecified atom stereocenters. The fraction of sp³-hybridized carbons (Fsp3) is 0. The molecule has 0 aliphatic rings. The van der Waals surface area contributed by atoms with Crippen LogP contribution in [0.5, 0.6) is 11.6 Å². The van der Waals surface area contributed by atoms with Crippen LogP contribution in [0.4, 0.5) is 11.6 Å². The van der Waals surface area contributed by atoms with Crippen LogP contribution < -0.4 is 10.5 Å². The van der Waals surface area contributed by atoms with E-state index in [4.69, 9.17) is 22.1 Å². The van der Waals surface area contributed by atoms with E-state index in [0.717, 1.165) is 6.20 Å². The van der Waals surface area contributed by atoms with E-state index < -0.39 is 10.6 Å². The summed E-state index contributed by atoms with van der Waals surface area (Å²) in [4.78, 5) is 17.4. The second-order valence-corrected chi connectivity index (χ2v) is 4.68. The van der Waals surface area contributed by atoms with Crippen molar-refractivity contribution in [3.05, 3.63) is 44.0 Å². The van der Waals surface area contributed by atoms with Gasteiger partial charge in [0.25, 0.3) is 0 Å². The number of nitrogen functional groups attached to an aromatic ring is 1. The molecule has 0 amide bonds. The minimum absolute atomic E-state index is 0.133. The van der Waals surface area contributed by atoms with E-state index >= 15 is 0 Å². The Bertz CT molecular complexity index is 653. The first-order chi connectivity index (χ1) is 8.97. The molecule has 2 aromatic rings. The zero-order valence-corrected chi connectivity index (χ0v) is 11.6. The van der Waals surface area contributed by atoms with Gasteiger partial charge in [0.05, 0.1) is 9.95 Å². The molecular formula is C10H6BrClN4O3. The highest BCUT2D eigenvalue weighted by molar-refractivity contribution is 9.10.